The van der Waals surface area contributed by atoms with Crippen LogP contribution in [0.4, 0.5) is 5.69 Å². The second kappa shape index (κ2) is 9.34. The van der Waals surface area contributed by atoms with E-state index in [2.05, 4.69) is 30.5 Å². The summed E-state index contributed by atoms with van der Waals surface area (Å²) in [4.78, 5) is 12.1. The highest BCUT2D eigenvalue weighted by atomic mass is 32.1. The molecule has 0 heterocycles. The number of thiocarbonyl (C=S) groups is 1. The van der Waals surface area contributed by atoms with Gasteiger partial charge in [-0.05, 0) is 73.3 Å². The van der Waals surface area contributed by atoms with Crippen molar-refractivity contribution in [1.29, 1.82) is 0 Å². The van der Waals surface area contributed by atoms with Crippen molar-refractivity contribution in [1.82, 2.24) is 5.32 Å². The summed E-state index contributed by atoms with van der Waals surface area (Å²) in [6.07, 6.45) is 1.03. The molecular weight excluding hydrogens is 344 g/mol. The topological polar surface area (TPSA) is 50.4 Å². The van der Waals surface area contributed by atoms with Gasteiger partial charge < -0.3 is 10.1 Å². The first-order valence-electron chi connectivity index (χ1n) is 8.80. The minimum atomic E-state index is -0.290. The van der Waals surface area contributed by atoms with Gasteiger partial charge in [0.2, 0.25) is 0 Å². The van der Waals surface area contributed by atoms with Gasteiger partial charge in [-0.15, -0.1) is 0 Å². The highest BCUT2D eigenvalue weighted by molar-refractivity contribution is 7.80. The van der Waals surface area contributed by atoms with Crippen LogP contribution >= 0.6 is 12.2 Å². The van der Waals surface area contributed by atoms with Crippen LogP contribution in [0.15, 0.2) is 42.5 Å². The molecule has 0 aliphatic heterocycles. The third-order valence-corrected chi connectivity index (χ3v) is 4.66. The van der Waals surface area contributed by atoms with Crippen LogP contribution in [0.25, 0.3) is 0 Å². The van der Waals surface area contributed by atoms with Crippen molar-refractivity contribution in [3.63, 3.8) is 0 Å². The zero-order chi connectivity index (χ0) is 19.1. The normalized spacial score (nSPS) is 11.5. The summed E-state index contributed by atoms with van der Waals surface area (Å²) in [5, 5.41) is 6.05. The minimum absolute atomic E-state index is 0.0860. The number of aryl methyl sites for hydroxylation is 2. The molecule has 1 atom stereocenters. The van der Waals surface area contributed by atoms with Crippen LogP contribution in [-0.4, -0.2) is 17.6 Å². The molecule has 0 aliphatic rings. The van der Waals surface area contributed by atoms with Crippen LogP contribution < -0.4 is 15.4 Å². The number of benzene rings is 2. The summed E-state index contributed by atoms with van der Waals surface area (Å²) < 4.78 is 5.53. The van der Waals surface area contributed by atoms with Gasteiger partial charge in [-0.3, -0.25) is 10.1 Å². The number of anilines is 1. The summed E-state index contributed by atoms with van der Waals surface area (Å²) in [7, 11) is 0. The van der Waals surface area contributed by atoms with Gasteiger partial charge in [-0.2, -0.15) is 0 Å². The molecule has 1 amide bonds. The zero-order valence-corrected chi connectivity index (χ0v) is 16.6. The van der Waals surface area contributed by atoms with Crippen LogP contribution in [0.1, 0.15) is 42.9 Å². The molecule has 138 valence electrons. The number of ether oxygens (including phenoxy) is 1. The van der Waals surface area contributed by atoms with Gasteiger partial charge in [0, 0.05) is 5.69 Å². The lowest BCUT2D eigenvalue weighted by Crippen LogP contribution is -2.37. The molecule has 0 fully saturated rings. The number of carbonyl (C=O) groups excluding carboxylic acids is 1. The summed E-state index contributed by atoms with van der Waals surface area (Å²) in [6, 6.07) is 13.7. The molecule has 4 nitrogen and oxygen atoms in total. The van der Waals surface area contributed by atoms with Gasteiger partial charge in [-0.1, -0.05) is 38.1 Å². The maximum absolute atomic E-state index is 12.1. The lowest BCUT2D eigenvalue weighted by Gasteiger charge is -2.17. The number of para-hydroxylation sites is 1. The van der Waals surface area contributed by atoms with Gasteiger partial charge in [0.15, 0.2) is 11.7 Å². The summed E-state index contributed by atoms with van der Waals surface area (Å²) in [5.74, 6) is 0.788. The van der Waals surface area contributed by atoms with Crippen molar-refractivity contribution >= 4 is 28.9 Å². The van der Waals surface area contributed by atoms with Crippen molar-refractivity contribution < 1.29 is 9.53 Å². The maximum atomic E-state index is 12.1. The summed E-state index contributed by atoms with van der Waals surface area (Å²) >= 11 is 5.26. The van der Waals surface area contributed by atoms with Crippen LogP contribution in [-0.2, 0) is 4.79 Å². The van der Waals surface area contributed by atoms with E-state index in [1.165, 1.54) is 11.1 Å². The fourth-order valence-corrected chi connectivity index (χ4v) is 2.75. The van der Waals surface area contributed by atoms with Crippen LogP contribution in [0.2, 0.25) is 0 Å². The molecule has 0 bridgehead atoms. The van der Waals surface area contributed by atoms with Gasteiger partial charge in [-0.25, -0.2) is 0 Å². The molecule has 5 heteroatoms. The number of carbonyl (C=O) groups is 1. The summed E-state index contributed by atoms with van der Waals surface area (Å²) in [6.45, 7) is 8.27. The molecule has 0 aliphatic carbocycles. The predicted molar refractivity (Wildman–Crippen MR) is 111 cm³/mol. The molecule has 0 saturated carbocycles. The Balaban J connectivity index is 1.89. The number of hydrogen-bond acceptors (Lipinski definition) is 3. The first-order chi connectivity index (χ1) is 12.4. The van der Waals surface area contributed by atoms with E-state index in [1.807, 2.05) is 50.2 Å². The highest BCUT2D eigenvalue weighted by Crippen LogP contribution is 2.26. The molecule has 0 aromatic heterocycles. The second-order valence-corrected chi connectivity index (χ2v) is 6.84. The molecule has 0 spiro atoms. The third kappa shape index (κ3) is 5.56. The Morgan fingerprint density at radius 1 is 1.15 bits per heavy atom. The van der Waals surface area contributed by atoms with E-state index in [0.717, 1.165) is 17.7 Å². The van der Waals surface area contributed by atoms with Crippen molar-refractivity contribution in [3.05, 3.63) is 59.2 Å². The predicted octanol–water partition coefficient (Wildman–Crippen LogP) is 4.71. The van der Waals surface area contributed by atoms with Crippen LogP contribution in [0.5, 0.6) is 5.75 Å². The number of rotatable bonds is 6. The fraction of sp³-hybridized carbons (Fsp3) is 0.333. The number of hydrogen-bond donors (Lipinski definition) is 2. The second-order valence-electron chi connectivity index (χ2n) is 6.43. The van der Waals surface area contributed by atoms with Crippen LogP contribution in [0, 0.1) is 13.8 Å². The molecule has 2 aromatic rings. The molecule has 0 unspecified atom stereocenters. The summed E-state index contributed by atoms with van der Waals surface area (Å²) in [5.41, 5.74) is 4.41. The third-order valence-electron chi connectivity index (χ3n) is 4.45. The van der Waals surface area contributed by atoms with Crippen LogP contribution in [0.3, 0.4) is 0 Å². The Morgan fingerprint density at radius 3 is 2.58 bits per heavy atom. The Morgan fingerprint density at radius 2 is 1.88 bits per heavy atom. The lowest BCUT2D eigenvalue weighted by molar-refractivity contribution is -0.121. The quantitative estimate of drug-likeness (QED) is 0.723. The molecule has 0 saturated heterocycles. The molecule has 2 aromatic carbocycles. The van der Waals surface area contributed by atoms with Crippen molar-refractivity contribution in [2.24, 2.45) is 0 Å². The van der Waals surface area contributed by atoms with Crippen molar-refractivity contribution in [2.45, 2.75) is 40.0 Å². The smallest absolute Gasteiger partial charge is 0.264 e. The number of nitrogens with one attached hydrogen (secondary N) is 2. The largest absolute Gasteiger partial charge is 0.484 e. The molecular formula is C21H26N2O2S. The van der Waals surface area contributed by atoms with E-state index in [0.29, 0.717) is 11.7 Å². The molecule has 2 rings (SSSR count). The fourth-order valence-electron chi connectivity index (χ4n) is 2.53. The lowest BCUT2D eigenvalue weighted by atomic mass is 9.97. The molecule has 2 N–H and O–H groups in total. The Labute approximate surface area is 161 Å². The SMILES string of the molecule is CC[C@H](C)c1ccccc1NC(=S)NC(=O)COc1ccc(C)c(C)c1. The van der Waals surface area contributed by atoms with E-state index >= 15 is 0 Å². The van der Waals surface area contributed by atoms with E-state index < -0.39 is 0 Å². The molecule has 0 radical (unpaired) electrons. The van der Waals surface area contributed by atoms with Crippen molar-refractivity contribution in [3.8, 4) is 5.75 Å². The van der Waals surface area contributed by atoms with E-state index in [9.17, 15) is 4.79 Å². The van der Waals surface area contributed by atoms with Gasteiger partial charge in [0.25, 0.3) is 5.91 Å². The number of amides is 1. The Bertz CT molecular complexity index is 789. The van der Waals surface area contributed by atoms with Gasteiger partial charge in [0.05, 0.1) is 0 Å². The average molecular weight is 371 g/mol. The minimum Gasteiger partial charge on any atom is -0.484 e. The molecule has 26 heavy (non-hydrogen) atoms. The zero-order valence-electron chi connectivity index (χ0n) is 15.8. The van der Waals surface area contributed by atoms with Gasteiger partial charge in [0.1, 0.15) is 5.75 Å². The Hall–Kier alpha value is -2.40. The first kappa shape index (κ1) is 19.9. The first-order valence-corrected chi connectivity index (χ1v) is 9.21. The monoisotopic (exact) mass is 370 g/mol. The van der Waals surface area contributed by atoms with Crippen molar-refractivity contribution in [2.75, 3.05) is 11.9 Å². The highest BCUT2D eigenvalue weighted by Gasteiger charge is 2.11. The van der Waals surface area contributed by atoms with E-state index in [-0.39, 0.29) is 17.6 Å². The van der Waals surface area contributed by atoms with E-state index in [1.54, 1.807) is 0 Å². The standard InChI is InChI=1S/C21H26N2O2S/c1-5-14(2)18-8-6-7-9-19(18)22-21(26)23-20(24)13-25-17-11-10-15(3)16(4)12-17/h6-12,14H,5,13H2,1-4H3,(H2,22,23,24,26)/t14-/m0/s1. The van der Waals surface area contributed by atoms with Gasteiger partial charge >= 0.3 is 0 Å². The maximum Gasteiger partial charge on any atom is 0.264 e. The average Bonchev–Trinajstić information content (AvgIpc) is 2.62. The Kier molecular flexibility index (Phi) is 7.16. The van der Waals surface area contributed by atoms with E-state index in [4.69, 9.17) is 17.0 Å².